The molecule has 0 N–H and O–H groups in total. The number of fused-ring (bicyclic) bond motifs is 3. The number of carbonyl (C=O) groups excluding carboxylic acids is 1. The summed E-state index contributed by atoms with van der Waals surface area (Å²) in [6.45, 7) is 1.86. The number of hydrogen-bond donors (Lipinski definition) is 0. The molecule has 5 rings (SSSR count). The monoisotopic (exact) mass is 472 g/mol. The van der Waals surface area contributed by atoms with Crippen LogP contribution in [0.1, 0.15) is 32.6 Å². The molecule has 4 nitrogen and oxygen atoms in total. The van der Waals surface area contributed by atoms with E-state index in [1.807, 2.05) is 31.2 Å². The van der Waals surface area contributed by atoms with Crippen LogP contribution in [0.3, 0.4) is 0 Å². The summed E-state index contributed by atoms with van der Waals surface area (Å²) in [6, 6.07) is 17.5. The van der Waals surface area contributed by atoms with E-state index in [-0.39, 0.29) is 11.6 Å². The van der Waals surface area contributed by atoms with Gasteiger partial charge >= 0.3 is 5.97 Å². The lowest BCUT2D eigenvalue weighted by molar-refractivity contribution is 0.0598. The number of halogens is 2. The van der Waals surface area contributed by atoms with Gasteiger partial charge in [-0.05, 0) is 66.4 Å². The van der Waals surface area contributed by atoms with Crippen molar-refractivity contribution in [3.05, 3.63) is 112 Å². The van der Waals surface area contributed by atoms with Crippen LogP contribution in [0.25, 0.3) is 16.8 Å². The van der Waals surface area contributed by atoms with E-state index in [4.69, 9.17) is 14.2 Å². The maximum Gasteiger partial charge on any atom is 0.338 e. The second-order valence-corrected chi connectivity index (χ2v) is 8.33. The molecule has 0 saturated carbocycles. The highest BCUT2D eigenvalue weighted by Gasteiger charge is 2.39. The van der Waals surface area contributed by atoms with Crippen molar-refractivity contribution in [2.75, 3.05) is 14.2 Å². The summed E-state index contributed by atoms with van der Waals surface area (Å²) in [5.41, 5.74) is 1.79. The molecular weight excluding hydrogens is 450 g/mol. The first-order valence-electron chi connectivity index (χ1n) is 11.0. The van der Waals surface area contributed by atoms with Gasteiger partial charge in [-0.1, -0.05) is 30.3 Å². The van der Waals surface area contributed by atoms with E-state index in [0.29, 0.717) is 33.8 Å². The fraction of sp³-hybridized carbons (Fsp3) is 0.138. The third-order valence-electron chi connectivity index (χ3n) is 6.45. The summed E-state index contributed by atoms with van der Waals surface area (Å²) in [4.78, 5) is 12.8. The van der Waals surface area contributed by atoms with Crippen molar-refractivity contribution in [2.45, 2.75) is 12.5 Å². The highest BCUT2D eigenvalue weighted by Crippen LogP contribution is 2.48. The van der Waals surface area contributed by atoms with Gasteiger partial charge in [0.2, 0.25) is 0 Å². The van der Waals surface area contributed by atoms with Gasteiger partial charge in [0.15, 0.2) is 5.60 Å². The molecule has 176 valence electrons. The molecule has 1 heterocycles. The lowest BCUT2D eigenvalue weighted by Crippen LogP contribution is -2.35. The molecule has 0 radical (unpaired) electrons. The Kier molecular flexibility index (Phi) is 5.52. The molecule has 0 aliphatic carbocycles. The van der Waals surface area contributed by atoms with Crippen molar-refractivity contribution in [1.82, 2.24) is 0 Å². The molecule has 0 spiro atoms. The zero-order chi connectivity index (χ0) is 24.7. The van der Waals surface area contributed by atoms with Gasteiger partial charge in [0.05, 0.1) is 19.8 Å². The molecule has 0 atom stereocenters. The molecule has 0 saturated heterocycles. The van der Waals surface area contributed by atoms with Crippen LogP contribution >= 0.6 is 0 Å². The fourth-order valence-corrected chi connectivity index (χ4v) is 4.66. The van der Waals surface area contributed by atoms with Crippen molar-refractivity contribution < 1.29 is 27.8 Å². The van der Waals surface area contributed by atoms with E-state index < -0.39 is 11.6 Å². The molecular formula is C29H22F2O4. The Bertz CT molecular complexity index is 1430. The average molecular weight is 472 g/mol. The minimum absolute atomic E-state index is 0.387. The predicted molar refractivity (Wildman–Crippen MR) is 130 cm³/mol. The highest BCUT2D eigenvalue weighted by molar-refractivity contribution is 6.06. The van der Waals surface area contributed by atoms with Gasteiger partial charge in [0.1, 0.15) is 23.1 Å². The Morgan fingerprint density at radius 2 is 1.46 bits per heavy atom. The van der Waals surface area contributed by atoms with Gasteiger partial charge < -0.3 is 14.2 Å². The van der Waals surface area contributed by atoms with Crippen molar-refractivity contribution in [3.63, 3.8) is 0 Å². The van der Waals surface area contributed by atoms with Gasteiger partial charge in [0, 0.05) is 22.1 Å². The molecule has 0 unspecified atom stereocenters. The minimum Gasteiger partial charge on any atom is -0.497 e. The SMILES string of the molecule is COC(=O)c1c2c(c3cc(OC)ccc3c1C)OC(c1ccc(F)cc1)(c1ccc(F)cc1)C=C2. The first-order valence-corrected chi connectivity index (χ1v) is 11.0. The molecule has 0 amide bonds. The highest BCUT2D eigenvalue weighted by atomic mass is 19.1. The first-order chi connectivity index (χ1) is 16.9. The van der Waals surface area contributed by atoms with E-state index in [1.165, 1.54) is 31.4 Å². The summed E-state index contributed by atoms with van der Waals surface area (Å²) < 4.78 is 45.0. The molecule has 1 aliphatic heterocycles. The van der Waals surface area contributed by atoms with Crippen molar-refractivity contribution in [2.24, 2.45) is 0 Å². The Labute approximate surface area is 201 Å². The van der Waals surface area contributed by atoms with Gasteiger partial charge in [-0.15, -0.1) is 0 Å². The van der Waals surface area contributed by atoms with Crippen LogP contribution in [0.4, 0.5) is 8.78 Å². The molecule has 0 aromatic heterocycles. The van der Waals surface area contributed by atoms with Crippen LogP contribution in [-0.2, 0) is 10.3 Å². The molecule has 0 fully saturated rings. The van der Waals surface area contributed by atoms with Gasteiger partial charge in [-0.3, -0.25) is 0 Å². The van der Waals surface area contributed by atoms with E-state index in [1.54, 1.807) is 37.5 Å². The summed E-state index contributed by atoms with van der Waals surface area (Å²) >= 11 is 0. The van der Waals surface area contributed by atoms with E-state index in [2.05, 4.69) is 0 Å². The Morgan fingerprint density at radius 3 is 2.00 bits per heavy atom. The Balaban J connectivity index is 1.85. The van der Waals surface area contributed by atoms with Crippen LogP contribution in [0.2, 0.25) is 0 Å². The molecule has 1 aliphatic rings. The predicted octanol–water partition coefficient (Wildman–Crippen LogP) is 6.57. The van der Waals surface area contributed by atoms with Crippen molar-refractivity contribution in [3.8, 4) is 11.5 Å². The number of hydrogen-bond acceptors (Lipinski definition) is 4. The summed E-state index contributed by atoms with van der Waals surface area (Å²) in [5, 5.41) is 1.54. The standard InChI is InChI=1S/C29H22F2O4/c1-17-23-13-12-22(33-2)16-25(23)27-24(26(17)28(32)34-3)14-15-29(35-27,18-4-8-20(30)9-5-18)19-6-10-21(31)11-7-19/h4-16H,1-3H3. The topological polar surface area (TPSA) is 44.8 Å². The summed E-state index contributed by atoms with van der Waals surface area (Å²) in [5.74, 6) is -0.192. The van der Waals surface area contributed by atoms with E-state index >= 15 is 0 Å². The number of carbonyl (C=O) groups is 1. The summed E-state index contributed by atoms with van der Waals surface area (Å²) in [6.07, 6.45) is 3.61. The molecule has 4 aromatic carbocycles. The van der Waals surface area contributed by atoms with Crippen LogP contribution in [0, 0.1) is 18.6 Å². The first kappa shape index (κ1) is 22.6. The van der Waals surface area contributed by atoms with Crippen LogP contribution in [-0.4, -0.2) is 20.2 Å². The normalized spacial score (nSPS) is 13.7. The third kappa shape index (κ3) is 3.62. The average Bonchev–Trinajstić information content (AvgIpc) is 2.89. The second-order valence-electron chi connectivity index (χ2n) is 8.33. The van der Waals surface area contributed by atoms with Crippen LogP contribution < -0.4 is 9.47 Å². The zero-order valence-corrected chi connectivity index (χ0v) is 19.4. The number of esters is 1. The summed E-state index contributed by atoms with van der Waals surface area (Å²) in [7, 11) is 2.91. The van der Waals surface area contributed by atoms with E-state index in [0.717, 1.165) is 16.3 Å². The molecule has 0 bridgehead atoms. The number of aryl methyl sites for hydroxylation is 1. The maximum absolute atomic E-state index is 13.8. The molecule has 6 heteroatoms. The van der Waals surface area contributed by atoms with Crippen LogP contribution in [0.5, 0.6) is 11.5 Å². The number of ether oxygens (including phenoxy) is 3. The number of benzene rings is 4. The van der Waals surface area contributed by atoms with Crippen molar-refractivity contribution >= 4 is 22.8 Å². The Hall–Kier alpha value is -4.19. The number of methoxy groups -OCH3 is 2. The largest absolute Gasteiger partial charge is 0.497 e. The molecule has 35 heavy (non-hydrogen) atoms. The Morgan fingerprint density at radius 1 is 0.857 bits per heavy atom. The smallest absolute Gasteiger partial charge is 0.338 e. The number of rotatable bonds is 4. The maximum atomic E-state index is 13.8. The van der Waals surface area contributed by atoms with Gasteiger partial charge in [-0.2, -0.15) is 0 Å². The van der Waals surface area contributed by atoms with Crippen molar-refractivity contribution in [1.29, 1.82) is 0 Å². The quantitative estimate of drug-likeness (QED) is 0.315. The van der Waals surface area contributed by atoms with Crippen LogP contribution in [0.15, 0.2) is 72.8 Å². The molecule has 4 aromatic rings. The lowest BCUT2D eigenvalue weighted by Gasteiger charge is -2.37. The lowest BCUT2D eigenvalue weighted by atomic mass is 9.82. The van der Waals surface area contributed by atoms with Gasteiger partial charge in [0.25, 0.3) is 0 Å². The zero-order valence-electron chi connectivity index (χ0n) is 19.4. The second kappa shape index (κ2) is 8.55. The minimum atomic E-state index is -1.20. The van der Waals surface area contributed by atoms with E-state index in [9.17, 15) is 13.6 Å². The van der Waals surface area contributed by atoms with Gasteiger partial charge in [-0.25, -0.2) is 13.6 Å². The third-order valence-corrected chi connectivity index (χ3v) is 6.45. The fourth-order valence-electron chi connectivity index (χ4n) is 4.66.